The van der Waals surface area contributed by atoms with Crippen molar-refractivity contribution in [2.75, 3.05) is 0 Å². The van der Waals surface area contributed by atoms with Crippen LogP contribution in [0.15, 0.2) is 70.7 Å². The number of carbonyl (C=O) groups is 1. The summed E-state index contributed by atoms with van der Waals surface area (Å²) in [6, 6.07) is 16.9. The zero-order valence-corrected chi connectivity index (χ0v) is 16.5. The highest BCUT2D eigenvalue weighted by Crippen LogP contribution is 2.36. The van der Waals surface area contributed by atoms with E-state index in [4.69, 9.17) is 0 Å². The summed E-state index contributed by atoms with van der Waals surface area (Å²) in [6.07, 6.45) is 1.72. The molecule has 0 aliphatic heterocycles. The smallest absolute Gasteiger partial charge is 0.273 e. The van der Waals surface area contributed by atoms with Gasteiger partial charge in [0.2, 0.25) is 0 Å². The summed E-state index contributed by atoms with van der Waals surface area (Å²) in [4.78, 5) is 29.2. The number of rotatable bonds is 6. The number of benzene rings is 2. The largest absolute Gasteiger partial charge is 0.328 e. The van der Waals surface area contributed by atoms with Crippen molar-refractivity contribution in [3.8, 4) is 0 Å². The highest BCUT2D eigenvalue weighted by Gasteiger charge is 2.25. The van der Waals surface area contributed by atoms with E-state index < -0.39 is 5.25 Å². The summed E-state index contributed by atoms with van der Waals surface area (Å²) in [5.74, 6) is 0.00427. The average Bonchev–Trinajstić information content (AvgIpc) is 2.67. The molecule has 1 heterocycles. The minimum absolute atomic E-state index is 0.00427. The SMILES string of the molecule is CCn1ccc(=O)nc1SC(C(=O)c1ccc(C)cc1)c1ccc(C)cc1. The monoisotopic (exact) mass is 378 g/mol. The van der Waals surface area contributed by atoms with E-state index in [0.29, 0.717) is 17.3 Å². The predicted molar refractivity (Wildman–Crippen MR) is 109 cm³/mol. The van der Waals surface area contributed by atoms with Crippen molar-refractivity contribution >= 4 is 17.5 Å². The summed E-state index contributed by atoms with van der Waals surface area (Å²) in [5.41, 5.74) is 3.49. The second-order valence-electron chi connectivity index (χ2n) is 6.47. The predicted octanol–water partition coefficient (Wildman–Crippen LogP) is 4.60. The molecule has 0 saturated carbocycles. The molecular formula is C22H22N2O2S. The molecule has 1 unspecified atom stereocenters. The number of hydrogen-bond donors (Lipinski definition) is 0. The topological polar surface area (TPSA) is 52.0 Å². The van der Waals surface area contributed by atoms with Crippen LogP contribution in [0, 0.1) is 13.8 Å². The van der Waals surface area contributed by atoms with Gasteiger partial charge in [0.15, 0.2) is 10.9 Å². The molecule has 138 valence electrons. The summed E-state index contributed by atoms with van der Waals surface area (Å²) in [7, 11) is 0. The van der Waals surface area contributed by atoms with Gasteiger partial charge < -0.3 is 4.57 Å². The lowest BCUT2D eigenvalue weighted by molar-refractivity contribution is 0.0989. The lowest BCUT2D eigenvalue weighted by Crippen LogP contribution is -2.16. The molecule has 3 rings (SSSR count). The van der Waals surface area contributed by atoms with Crippen molar-refractivity contribution in [2.45, 2.75) is 37.7 Å². The lowest BCUT2D eigenvalue weighted by atomic mass is 10.0. The fraction of sp³-hybridized carbons (Fsp3) is 0.227. The fourth-order valence-electron chi connectivity index (χ4n) is 2.74. The van der Waals surface area contributed by atoms with Crippen molar-refractivity contribution in [1.82, 2.24) is 9.55 Å². The summed E-state index contributed by atoms with van der Waals surface area (Å²) >= 11 is 1.32. The third kappa shape index (κ3) is 4.55. The minimum Gasteiger partial charge on any atom is -0.328 e. The van der Waals surface area contributed by atoms with E-state index in [1.807, 2.05) is 73.9 Å². The molecule has 0 bridgehead atoms. The van der Waals surface area contributed by atoms with Gasteiger partial charge in [0.05, 0.1) is 0 Å². The summed E-state index contributed by atoms with van der Waals surface area (Å²) in [6.45, 7) is 6.67. The maximum absolute atomic E-state index is 13.3. The molecular weight excluding hydrogens is 356 g/mol. The van der Waals surface area contributed by atoms with E-state index >= 15 is 0 Å². The van der Waals surface area contributed by atoms with E-state index in [2.05, 4.69) is 4.98 Å². The van der Waals surface area contributed by atoms with Crippen molar-refractivity contribution in [3.63, 3.8) is 0 Å². The van der Waals surface area contributed by atoms with E-state index in [1.165, 1.54) is 17.8 Å². The third-order valence-electron chi connectivity index (χ3n) is 4.37. The molecule has 27 heavy (non-hydrogen) atoms. The van der Waals surface area contributed by atoms with Crippen LogP contribution >= 0.6 is 11.8 Å². The van der Waals surface area contributed by atoms with Gasteiger partial charge in [-0.05, 0) is 26.3 Å². The number of nitrogens with zero attached hydrogens (tertiary/aromatic N) is 2. The highest BCUT2D eigenvalue weighted by molar-refractivity contribution is 8.00. The van der Waals surface area contributed by atoms with E-state index in [1.54, 1.807) is 6.20 Å². The second-order valence-corrected chi connectivity index (χ2v) is 7.55. The quantitative estimate of drug-likeness (QED) is 0.357. The molecule has 0 aliphatic rings. The van der Waals surface area contributed by atoms with E-state index in [0.717, 1.165) is 16.7 Å². The molecule has 1 atom stereocenters. The number of Topliss-reactive ketones (excluding diaryl/α,β-unsaturated/α-hetero) is 1. The number of aromatic nitrogens is 2. The first-order valence-corrected chi connectivity index (χ1v) is 9.77. The molecule has 0 fully saturated rings. The summed E-state index contributed by atoms with van der Waals surface area (Å²) < 4.78 is 1.88. The number of thioether (sulfide) groups is 1. The van der Waals surface area contributed by atoms with Crippen molar-refractivity contribution in [3.05, 3.63) is 93.4 Å². The number of carbonyl (C=O) groups excluding carboxylic acids is 1. The molecule has 0 amide bonds. The first-order valence-electron chi connectivity index (χ1n) is 8.89. The fourth-order valence-corrected chi connectivity index (χ4v) is 3.95. The molecule has 1 aromatic heterocycles. The molecule has 3 aromatic rings. The molecule has 2 aromatic carbocycles. The van der Waals surface area contributed by atoms with Crippen LogP contribution in [-0.2, 0) is 6.54 Å². The number of ketones is 1. The molecule has 5 heteroatoms. The normalized spacial score (nSPS) is 12.0. The molecule has 0 N–H and O–H groups in total. The first kappa shape index (κ1) is 19.1. The number of hydrogen-bond acceptors (Lipinski definition) is 4. The van der Waals surface area contributed by atoms with Gasteiger partial charge in [-0.1, -0.05) is 71.4 Å². The van der Waals surface area contributed by atoms with Crippen molar-refractivity contribution < 1.29 is 4.79 Å². The molecule has 0 aliphatic carbocycles. The van der Waals surface area contributed by atoms with Gasteiger partial charge in [-0.25, -0.2) is 0 Å². The van der Waals surface area contributed by atoms with Crippen LogP contribution in [0.5, 0.6) is 0 Å². The van der Waals surface area contributed by atoms with Gasteiger partial charge in [-0.15, -0.1) is 0 Å². The van der Waals surface area contributed by atoms with Crippen LogP contribution in [0.25, 0.3) is 0 Å². The van der Waals surface area contributed by atoms with Crippen LogP contribution in [0.3, 0.4) is 0 Å². The average molecular weight is 378 g/mol. The maximum Gasteiger partial charge on any atom is 0.273 e. The van der Waals surface area contributed by atoms with Crippen LogP contribution in [0.1, 0.15) is 39.2 Å². The molecule has 0 spiro atoms. The zero-order valence-electron chi connectivity index (χ0n) is 15.7. The Balaban J connectivity index is 2.03. The van der Waals surface area contributed by atoms with Crippen LogP contribution in [0.2, 0.25) is 0 Å². The van der Waals surface area contributed by atoms with Gasteiger partial charge in [-0.2, -0.15) is 4.98 Å². The Morgan fingerprint density at radius 2 is 1.59 bits per heavy atom. The molecule has 4 nitrogen and oxygen atoms in total. The lowest BCUT2D eigenvalue weighted by Gasteiger charge is -2.18. The van der Waals surface area contributed by atoms with Gasteiger partial charge in [0, 0.05) is 24.4 Å². The Morgan fingerprint density at radius 1 is 1.00 bits per heavy atom. The Hall–Kier alpha value is -2.66. The van der Waals surface area contributed by atoms with Crippen LogP contribution in [-0.4, -0.2) is 15.3 Å². The Labute approximate surface area is 163 Å². The standard InChI is InChI=1S/C22H22N2O2S/c1-4-24-14-13-19(25)23-22(24)27-21(18-11-7-16(3)8-12-18)20(26)17-9-5-15(2)6-10-17/h5-14,21H,4H2,1-3H3. The van der Waals surface area contributed by atoms with Crippen LogP contribution in [0.4, 0.5) is 0 Å². The van der Waals surface area contributed by atoms with Crippen molar-refractivity contribution in [2.24, 2.45) is 0 Å². The van der Waals surface area contributed by atoms with Gasteiger partial charge in [0.25, 0.3) is 5.56 Å². The maximum atomic E-state index is 13.3. The van der Waals surface area contributed by atoms with Crippen LogP contribution < -0.4 is 5.56 Å². The number of aryl methyl sites for hydroxylation is 3. The van der Waals surface area contributed by atoms with Gasteiger partial charge in [-0.3, -0.25) is 9.59 Å². The van der Waals surface area contributed by atoms with Gasteiger partial charge >= 0.3 is 0 Å². The molecule has 0 radical (unpaired) electrons. The Bertz CT molecular complexity index is 992. The minimum atomic E-state index is -0.472. The van der Waals surface area contributed by atoms with Crippen molar-refractivity contribution in [1.29, 1.82) is 0 Å². The van der Waals surface area contributed by atoms with E-state index in [-0.39, 0.29) is 11.3 Å². The first-order chi connectivity index (χ1) is 13.0. The Morgan fingerprint density at radius 3 is 2.19 bits per heavy atom. The highest BCUT2D eigenvalue weighted by atomic mass is 32.2. The third-order valence-corrected chi connectivity index (χ3v) is 5.63. The molecule has 0 saturated heterocycles. The zero-order chi connectivity index (χ0) is 19.4. The van der Waals surface area contributed by atoms with Gasteiger partial charge in [0.1, 0.15) is 5.25 Å². The Kier molecular flexibility index (Phi) is 5.91. The second kappa shape index (κ2) is 8.35. The summed E-state index contributed by atoms with van der Waals surface area (Å²) in [5, 5.41) is 0.0800. The van der Waals surface area contributed by atoms with E-state index in [9.17, 15) is 9.59 Å².